The van der Waals surface area contributed by atoms with Gasteiger partial charge in [0.2, 0.25) is 0 Å². The summed E-state index contributed by atoms with van der Waals surface area (Å²) in [7, 11) is 2.22. The van der Waals surface area contributed by atoms with Gasteiger partial charge in [0.05, 0.1) is 0 Å². The fourth-order valence-electron chi connectivity index (χ4n) is 4.06. The molecule has 0 amide bonds. The molecule has 1 atom stereocenters. The van der Waals surface area contributed by atoms with Crippen LogP contribution in [0.1, 0.15) is 29.7 Å². The summed E-state index contributed by atoms with van der Waals surface area (Å²) in [4.78, 5) is 9.24. The van der Waals surface area contributed by atoms with Crippen molar-refractivity contribution in [3.05, 3.63) is 21.9 Å². The monoisotopic (exact) mass is 337 g/mol. The van der Waals surface area contributed by atoms with Crippen molar-refractivity contribution in [2.45, 2.75) is 44.8 Å². The number of aliphatic hydroxyl groups is 1. The number of aliphatic hydroxyl groups excluding tert-OH is 1. The Morgan fingerprint density at radius 1 is 1.22 bits per heavy atom. The minimum Gasteiger partial charge on any atom is -0.396 e. The van der Waals surface area contributed by atoms with E-state index in [1.807, 2.05) is 11.3 Å². The first kappa shape index (κ1) is 17.4. The van der Waals surface area contributed by atoms with Gasteiger partial charge in [-0.25, -0.2) is 0 Å². The highest BCUT2D eigenvalue weighted by Crippen LogP contribution is 2.25. The van der Waals surface area contributed by atoms with Gasteiger partial charge in [-0.2, -0.15) is 0 Å². The average molecular weight is 338 g/mol. The van der Waals surface area contributed by atoms with Gasteiger partial charge < -0.3 is 10.0 Å². The maximum Gasteiger partial charge on any atom is 0.0446 e. The van der Waals surface area contributed by atoms with Crippen LogP contribution in [0.25, 0.3) is 0 Å². The number of hydrogen-bond acceptors (Lipinski definition) is 5. The Balaban J connectivity index is 1.60. The van der Waals surface area contributed by atoms with Crippen molar-refractivity contribution in [2.24, 2.45) is 0 Å². The van der Waals surface area contributed by atoms with Crippen LogP contribution in [0.5, 0.6) is 0 Å². The van der Waals surface area contributed by atoms with Gasteiger partial charge in [-0.3, -0.25) is 9.80 Å². The van der Waals surface area contributed by atoms with Crippen LogP contribution in [0.4, 0.5) is 0 Å². The molecule has 0 radical (unpaired) electrons. The second-order valence-corrected chi connectivity index (χ2v) is 8.20. The van der Waals surface area contributed by atoms with Crippen LogP contribution in [0.3, 0.4) is 0 Å². The third-order valence-corrected chi connectivity index (χ3v) is 6.57. The van der Waals surface area contributed by atoms with Crippen LogP contribution < -0.4 is 0 Å². The van der Waals surface area contributed by atoms with Crippen LogP contribution >= 0.6 is 11.3 Å². The van der Waals surface area contributed by atoms with Crippen molar-refractivity contribution in [2.75, 3.05) is 46.4 Å². The van der Waals surface area contributed by atoms with E-state index in [1.165, 1.54) is 36.4 Å². The predicted molar refractivity (Wildman–Crippen MR) is 97.0 cm³/mol. The van der Waals surface area contributed by atoms with Gasteiger partial charge in [-0.1, -0.05) is 0 Å². The number of aryl methyl sites for hydroxylation is 1. The Morgan fingerprint density at radius 2 is 2.00 bits per heavy atom. The fraction of sp³-hybridized carbons (Fsp3) is 0.778. The summed E-state index contributed by atoms with van der Waals surface area (Å²) in [5.74, 6) is 0. The summed E-state index contributed by atoms with van der Waals surface area (Å²) in [6.45, 7) is 9.44. The number of piperidine rings is 1. The minimum absolute atomic E-state index is 0.305. The molecule has 0 aliphatic carbocycles. The van der Waals surface area contributed by atoms with Gasteiger partial charge in [0.15, 0.2) is 0 Å². The number of hydrogen-bond donors (Lipinski definition) is 1. The summed E-state index contributed by atoms with van der Waals surface area (Å²) in [6.07, 6.45) is 3.47. The van der Waals surface area contributed by atoms with E-state index in [1.54, 1.807) is 0 Å². The Bertz CT molecular complexity index is 484. The number of thiophene rings is 1. The summed E-state index contributed by atoms with van der Waals surface area (Å²) in [6, 6.07) is 3.45. The highest BCUT2D eigenvalue weighted by Gasteiger charge is 2.33. The molecule has 4 nitrogen and oxygen atoms in total. The molecule has 5 heteroatoms. The lowest BCUT2D eigenvalue weighted by Crippen LogP contribution is -2.58. The summed E-state index contributed by atoms with van der Waals surface area (Å²) in [5, 5.41) is 11.7. The van der Waals surface area contributed by atoms with Gasteiger partial charge in [-0.05, 0) is 63.3 Å². The minimum atomic E-state index is 0.305. The zero-order chi connectivity index (χ0) is 16.2. The maximum atomic E-state index is 9.51. The quantitative estimate of drug-likeness (QED) is 0.890. The van der Waals surface area contributed by atoms with Gasteiger partial charge in [0.25, 0.3) is 0 Å². The average Bonchev–Trinajstić information content (AvgIpc) is 2.94. The lowest BCUT2D eigenvalue weighted by atomic mass is 9.98. The van der Waals surface area contributed by atoms with Crippen molar-refractivity contribution < 1.29 is 5.11 Å². The second-order valence-electron chi connectivity index (χ2n) is 7.20. The molecular formula is C18H31N3OS. The van der Waals surface area contributed by atoms with Crippen LogP contribution in [0.15, 0.2) is 11.4 Å². The van der Waals surface area contributed by atoms with Crippen molar-refractivity contribution in [3.8, 4) is 0 Å². The van der Waals surface area contributed by atoms with Gasteiger partial charge in [0.1, 0.15) is 0 Å². The predicted octanol–water partition coefficient (Wildman–Crippen LogP) is 2.02. The molecule has 3 heterocycles. The van der Waals surface area contributed by atoms with Crippen LogP contribution in [-0.4, -0.2) is 78.3 Å². The largest absolute Gasteiger partial charge is 0.396 e. The Kier molecular flexibility index (Phi) is 6.10. The van der Waals surface area contributed by atoms with Gasteiger partial charge in [0, 0.05) is 49.7 Å². The van der Waals surface area contributed by atoms with E-state index < -0.39 is 0 Å². The molecule has 0 saturated carbocycles. The number of nitrogens with zero attached hydrogens (tertiary/aromatic N) is 3. The van der Waals surface area contributed by atoms with Crippen molar-refractivity contribution >= 4 is 11.3 Å². The third-order valence-electron chi connectivity index (χ3n) is 5.57. The first-order valence-corrected chi connectivity index (χ1v) is 9.86. The number of piperazine rings is 1. The Morgan fingerprint density at radius 3 is 2.65 bits per heavy atom. The molecule has 3 rings (SSSR count). The Labute approximate surface area is 144 Å². The number of rotatable bonds is 5. The summed E-state index contributed by atoms with van der Waals surface area (Å²) >= 11 is 1.88. The molecule has 0 aromatic carbocycles. The molecule has 0 bridgehead atoms. The van der Waals surface area contributed by atoms with E-state index in [0.29, 0.717) is 18.7 Å². The highest BCUT2D eigenvalue weighted by molar-refractivity contribution is 7.10. The van der Waals surface area contributed by atoms with E-state index in [-0.39, 0.29) is 0 Å². The summed E-state index contributed by atoms with van der Waals surface area (Å²) in [5.41, 5.74) is 1.42. The molecule has 1 N–H and O–H groups in total. The number of likely N-dealkylation sites (tertiary alicyclic amines) is 1. The molecule has 2 saturated heterocycles. The standard InChI is InChI=1S/C18H31N3OS/c1-15-6-12-23-18(15)14-20-9-10-21(17(13-20)5-11-22)16-3-7-19(2)8-4-16/h6,12,16-17,22H,3-5,7-11,13-14H2,1-2H3/t17-/m1/s1. The zero-order valence-corrected chi connectivity index (χ0v) is 15.4. The lowest BCUT2D eigenvalue weighted by molar-refractivity contribution is 0.00624. The van der Waals surface area contributed by atoms with E-state index in [4.69, 9.17) is 0 Å². The topological polar surface area (TPSA) is 30.0 Å². The van der Waals surface area contributed by atoms with Crippen molar-refractivity contribution in [1.29, 1.82) is 0 Å². The van der Waals surface area contributed by atoms with E-state index in [2.05, 4.69) is 40.1 Å². The molecule has 0 spiro atoms. The van der Waals surface area contributed by atoms with Crippen molar-refractivity contribution in [3.63, 3.8) is 0 Å². The van der Waals surface area contributed by atoms with Crippen LogP contribution in [0, 0.1) is 6.92 Å². The van der Waals surface area contributed by atoms with Gasteiger partial charge >= 0.3 is 0 Å². The second kappa shape index (κ2) is 8.08. The van der Waals surface area contributed by atoms with Gasteiger partial charge in [-0.15, -0.1) is 11.3 Å². The first-order chi connectivity index (χ1) is 11.2. The normalized spacial score (nSPS) is 26.0. The lowest BCUT2D eigenvalue weighted by Gasteiger charge is -2.47. The molecule has 1 aromatic heterocycles. The summed E-state index contributed by atoms with van der Waals surface area (Å²) < 4.78 is 0. The molecule has 2 aliphatic rings. The molecule has 2 aliphatic heterocycles. The molecule has 130 valence electrons. The van der Waals surface area contributed by atoms with E-state index in [9.17, 15) is 5.11 Å². The highest BCUT2D eigenvalue weighted by atomic mass is 32.1. The molecular weight excluding hydrogens is 306 g/mol. The first-order valence-electron chi connectivity index (χ1n) is 8.98. The van der Waals surface area contributed by atoms with E-state index in [0.717, 1.165) is 32.6 Å². The SMILES string of the molecule is Cc1ccsc1CN1CCN(C2CCN(C)CC2)[C@H](CCO)C1. The third kappa shape index (κ3) is 4.34. The molecule has 2 fully saturated rings. The van der Waals surface area contributed by atoms with Crippen molar-refractivity contribution in [1.82, 2.24) is 14.7 Å². The van der Waals surface area contributed by atoms with Crippen LogP contribution in [0.2, 0.25) is 0 Å². The zero-order valence-electron chi connectivity index (χ0n) is 14.6. The Hall–Kier alpha value is -0.460. The fourth-order valence-corrected chi connectivity index (χ4v) is 5.01. The smallest absolute Gasteiger partial charge is 0.0446 e. The molecule has 23 heavy (non-hydrogen) atoms. The molecule has 1 aromatic rings. The van der Waals surface area contributed by atoms with Crippen LogP contribution in [-0.2, 0) is 6.54 Å². The van der Waals surface area contributed by atoms with E-state index >= 15 is 0 Å². The molecule has 0 unspecified atom stereocenters. The maximum absolute atomic E-state index is 9.51.